The topological polar surface area (TPSA) is 32.8 Å². The summed E-state index contributed by atoms with van der Waals surface area (Å²) in [5.74, 6) is 0.430. The highest BCUT2D eigenvalue weighted by molar-refractivity contribution is 5.71. The fraction of sp³-hybridized carbons (Fsp3) is 0.650. The molecule has 1 aromatic rings. The predicted molar refractivity (Wildman–Crippen MR) is 95.7 cm³/mol. The molecular formula is C20H28N2O2. The Morgan fingerprint density at radius 3 is 2.83 bits per heavy atom. The molecule has 0 aliphatic carbocycles. The molecule has 1 saturated heterocycles. The van der Waals surface area contributed by atoms with Crippen molar-refractivity contribution in [3.8, 4) is 0 Å². The van der Waals surface area contributed by atoms with Crippen molar-refractivity contribution in [2.45, 2.75) is 64.0 Å². The molecule has 0 N–H and O–H groups in total. The number of amides is 1. The normalized spacial score (nSPS) is 25.8. The molecule has 1 amide bonds. The summed E-state index contributed by atoms with van der Waals surface area (Å²) in [7, 11) is 0. The summed E-state index contributed by atoms with van der Waals surface area (Å²) in [5.41, 5.74) is 4.01. The van der Waals surface area contributed by atoms with Gasteiger partial charge in [0.25, 0.3) is 0 Å². The van der Waals surface area contributed by atoms with Crippen LogP contribution >= 0.6 is 0 Å². The molecule has 0 bridgehead atoms. The number of piperidine rings is 1. The van der Waals surface area contributed by atoms with Gasteiger partial charge in [-0.2, -0.15) is 0 Å². The summed E-state index contributed by atoms with van der Waals surface area (Å²) >= 11 is 0. The Labute approximate surface area is 144 Å². The van der Waals surface area contributed by atoms with Gasteiger partial charge in [-0.1, -0.05) is 18.2 Å². The second kappa shape index (κ2) is 5.68. The molecule has 3 aliphatic heterocycles. The van der Waals surface area contributed by atoms with Crippen molar-refractivity contribution >= 4 is 11.8 Å². The monoisotopic (exact) mass is 328 g/mol. The van der Waals surface area contributed by atoms with Crippen LogP contribution in [-0.4, -0.2) is 42.3 Å². The molecular weight excluding hydrogens is 300 g/mol. The fourth-order valence-electron chi connectivity index (χ4n) is 4.61. The van der Waals surface area contributed by atoms with E-state index >= 15 is 0 Å². The molecule has 4 nitrogen and oxygen atoms in total. The maximum absolute atomic E-state index is 12.5. The standard InChI is InChI=1S/C20H28N2O2/c1-20(2,3)24-19(23)21-12-10-17-16(13-21)15-9-6-8-14-7-4-5-11-22(17)18(14)15/h6,8-9,16-17H,4-5,7,10-13H2,1-3H3/t16-,17-/m1/s1. The Hall–Kier alpha value is -1.71. The second-order valence-electron chi connectivity index (χ2n) is 8.39. The molecule has 4 heteroatoms. The van der Waals surface area contributed by atoms with E-state index in [1.54, 1.807) is 0 Å². The van der Waals surface area contributed by atoms with E-state index in [9.17, 15) is 4.79 Å². The van der Waals surface area contributed by atoms with E-state index in [0.717, 1.165) is 26.1 Å². The second-order valence-corrected chi connectivity index (χ2v) is 8.39. The van der Waals surface area contributed by atoms with Crippen LogP contribution in [0.2, 0.25) is 0 Å². The smallest absolute Gasteiger partial charge is 0.410 e. The van der Waals surface area contributed by atoms with Crippen molar-refractivity contribution in [2.75, 3.05) is 24.5 Å². The number of fused-ring (bicyclic) bond motifs is 3. The average Bonchev–Trinajstić information content (AvgIpc) is 2.69. The quantitative estimate of drug-likeness (QED) is 0.723. The number of likely N-dealkylation sites (tertiary alicyclic amines) is 1. The molecule has 1 fully saturated rings. The third kappa shape index (κ3) is 2.66. The molecule has 0 saturated carbocycles. The third-order valence-corrected chi connectivity index (χ3v) is 5.56. The summed E-state index contributed by atoms with van der Waals surface area (Å²) in [6, 6.07) is 7.32. The first-order valence-corrected chi connectivity index (χ1v) is 9.30. The maximum Gasteiger partial charge on any atom is 0.410 e. The Balaban J connectivity index is 1.60. The number of hydrogen-bond donors (Lipinski definition) is 0. The Morgan fingerprint density at radius 1 is 1.21 bits per heavy atom. The van der Waals surface area contributed by atoms with E-state index < -0.39 is 5.60 Å². The van der Waals surface area contributed by atoms with Gasteiger partial charge >= 0.3 is 6.09 Å². The lowest BCUT2D eigenvalue weighted by molar-refractivity contribution is 0.0189. The molecule has 0 aromatic heterocycles. The van der Waals surface area contributed by atoms with Gasteiger partial charge in [0.2, 0.25) is 0 Å². The fourth-order valence-corrected chi connectivity index (χ4v) is 4.61. The minimum absolute atomic E-state index is 0.163. The number of benzene rings is 1. The molecule has 0 radical (unpaired) electrons. The minimum atomic E-state index is -0.429. The SMILES string of the molecule is CC(C)(C)OC(=O)N1CC[C@@H]2[C@H](C1)c1cccc3c1N2CCCC3. The van der Waals surface area contributed by atoms with E-state index in [1.807, 2.05) is 25.7 Å². The van der Waals surface area contributed by atoms with Crippen LogP contribution in [0.1, 0.15) is 57.1 Å². The number of hydrogen-bond acceptors (Lipinski definition) is 3. The van der Waals surface area contributed by atoms with Crippen molar-refractivity contribution in [2.24, 2.45) is 0 Å². The lowest BCUT2D eigenvalue weighted by Crippen LogP contribution is -2.49. The first kappa shape index (κ1) is 15.8. The van der Waals surface area contributed by atoms with Crippen LogP contribution in [0, 0.1) is 0 Å². The van der Waals surface area contributed by atoms with Crippen molar-refractivity contribution in [3.05, 3.63) is 29.3 Å². The van der Waals surface area contributed by atoms with E-state index in [-0.39, 0.29) is 6.09 Å². The lowest BCUT2D eigenvalue weighted by atomic mass is 9.88. The van der Waals surface area contributed by atoms with Crippen molar-refractivity contribution in [3.63, 3.8) is 0 Å². The summed E-state index contributed by atoms with van der Waals surface area (Å²) in [6.07, 6.45) is 4.62. The van der Waals surface area contributed by atoms with Gasteiger partial charge in [-0.05, 0) is 57.6 Å². The van der Waals surface area contributed by atoms with Gasteiger partial charge in [0.1, 0.15) is 5.60 Å². The lowest BCUT2D eigenvalue weighted by Gasteiger charge is -2.39. The average molecular weight is 328 g/mol. The zero-order valence-electron chi connectivity index (χ0n) is 15.0. The van der Waals surface area contributed by atoms with Crippen LogP contribution in [0.5, 0.6) is 0 Å². The van der Waals surface area contributed by atoms with Gasteiger partial charge in [0.05, 0.1) is 0 Å². The van der Waals surface area contributed by atoms with Gasteiger partial charge in [-0.25, -0.2) is 4.79 Å². The van der Waals surface area contributed by atoms with E-state index in [2.05, 4.69) is 23.1 Å². The molecule has 0 spiro atoms. The van der Waals surface area contributed by atoms with Crippen LogP contribution in [-0.2, 0) is 11.2 Å². The van der Waals surface area contributed by atoms with Crippen molar-refractivity contribution in [1.82, 2.24) is 4.90 Å². The van der Waals surface area contributed by atoms with E-state index in [0.29, 0.717) is 12.0 Å². The van der Waals surface area contributed by atoms with Crippen LogP contribution in [0.3, 0.4) is 0 Å². The number of para-hydroxylation sites is 1. The summed E-state index contributed by atoms with van der Waals surface area (Å²) in [4.78, 5) is 17.1. The molecule has 24 heavy (non-hydrogen) atoms. The molecule has 1 aromatic carbocycles. The largest absolute Gasteiger partial charge is 0.444 e. The van der Waals surface area contributed by atoms with E-state index in [4.69, 9.17) is 4.74 Å². The first-order chi connectivity index (χ1) is 11.4. The Bertz CT molecular complexity index is 650. The van der Waals surface area contributed by atoms with Crippen LogP contribution in [0.25, 0.3) is 0 Å². The maximum atomic E-state index is 12.5. The zero-order chi connectivity index (χ0) is 16.9. The highest BCUT2D eigenvalue weighted by atomic mass is 16.6. The van der Waals surface area contributed by atoms with Crippen molar-refractivity contribution in [1.29, 1.82) is 0 Å². The predicted octanol–water partition coefficient (Wildman–Crippen LogP) is 3.94. The number of nitrogens with zero attached hydrogens (tertiary/aromatic N) is 2. The number of aryl methyl sites for hydroxylation is 1. The molecule has 0 unspecified atom stereocenters. The Morgan fingerprint density at radius 2 is 2.04 bits per heavy atom. The highest BCUT2D eigenvalue weighted by Gasteiger charge is 2.44. The molecule has 3 heterocycles. The molecule has 4 rings (SSSR count). The summed E-state index contributed by atoms with van der Waals surface area (Å²) in [5, 5.41) is 0. The van der Waals surface area contributed by atoms with Gasteiger partial charge in [0.15, 0.2) is 0 Å². The number of anilines is 1. The van der Waals surface area contributed by atoms with Crippen LogP contribution in [0.4, 0.5) is 10.5 Å². The first-order valence-electron chi connectivity index (χ1n) is 9.30. The van der Waals surface area contributed by atoms with Gasteiger partial charge in [-0.15, -0.1) is 0 Å². The van der Waals surface area contributed by atoms with Gasteiger partial charge in [-0.3, -0.25) is 0 Å². The van der Waals surface area contributed by atoms with Crippen molar-refractivity contribution < 1.29 is 9.53 Å². The highest BCUT2D eigenvalue weighted by Crippen LogP contribution is 2.47. The molecule has 3 aliphatic rings. The van der Waals surface area contributed by atoms with E-state index in [1.165, 1.54) is 36.1 Å². The zero-order valence-corrected chi connectivity index (χ0v) is 15.0. The minimum Gasteiger partial charge on any atom is -0.444 e. The number of carbonyl (C=O) groups excluding carboxylic acids is 1. The number of carbonyl (C=O) groups is 1. The number of rotatable bonds is 0. The molecule has 2 atom stereocenters. The van der Waals surface area contributed by atoms with Gasteiger partial charge in [0, 0.05) is 37.3 Å². The van der Waals surface area contributed by atoms with Crippen LogP contribution in [0.15, 0.2) is 18.2 Å². The van der Waals surface area contributed by atoms with Crippen LogP contribution < -0.4 is 4.90 Å². The van der Waals surface area contributed by atoms with Gasteiger partial charge < -0.3 is 14.5 Å². The molecule has 130 valence electrons. The Kier molecular flexibility index (Phi) is 3.74. The third-order valence-electron chi connectivity index (χ3n) is 5.56. The number of ether oxygens (including phenoxy) is 1. The summed E-state index contributed by atoms with van der Waals surface area (Å²) in [6.45, 7) is 8.55. The summed E-state index contributed by atoms with van der Waals surface area (Å²) < 4.78 is 5.60.